The first-order chi connectivity index (χ1) is 20.4. The van der Waals surface area contributed by atoms with Gasteiger partial charge in [0.15, 0.2) is 16.6 Å². The van der Waals surface area contributed by atoms with Crippen LogP contribution in [0, 0.1) is 6.92 Å². The van der Waals surface area contributed by atoms with Crippen LogP contribution in [0.5, 0.6) is 11.5 Å². The van der Waals surface area contributed by atoms with E-state index in [1.807, 2.05) is 41.8 Å². The highest BCUT2D eigenvalue weighted by molar-refractivity contribution is 7.14. The SMILES string of the molecule is COc1cc(/C=N\NC(=O)c2ccc(-c3csc(Nc4ccc(C)cc4)n3)cc2)ccc1OCc1ccc(Cl)c(Cl)c1. The summed E-state index contributed by atoms with van der Waals surface area (Å²) in [5, 5.41) is 11.1. The number of thiazole rings is 1. The van der Waals surface area contributed by atoms with Gasteiger partial charge in [-0.1, -0.05) is 59.1 Å². The summed E-state index contributed by atoms with van der Waals surface area (Å²) in [4.78, 5) is 17.3. The smallest absolute Gasteiger partial charge is 0.271 e. The first-order valence-corrected chi connectivity index (χ1v) is 14.5. The molecule has 5 rings (SSSR count). The molecule has 0 aliphatic rings. The molecular formula is C32H26Cl2N4O3S. The number of carbonyl (C=O) groups excluding carboxylic acids is 1. The maximum Gasteiger partial charge on any atom is 0.271 e. The fourth-order valence-corrected chi connectivity index (χ4v) is 4.98. The van der Waals surface area contributed by atoms with Crippen LogP contribution < -0.4 is 20.2 Å². The number of aryl methyl sites for hydroxylation is 1. The number of hydrogen-bond donors (Lipinski definition) is 2. The van der Waals surface area contributed by atoms with Crippen molar-refractivity contribution >= 4 is 57.5 Å². The first-order valence-electron chi connectivity index (χ1n) is 12.9. The number of aromatic nitrogens is 1. The molecule has 1 heterocycles. The lowest BCUT2D eigenvalue weighted by Gasteiger charge is -2.11. The van der Waals surface area contributed by atoms with Crippen LogP contribution in [0.1, 0.15) is 27.0 Å². The molecule has 4 aromatic carbocycles. The summed E-state index contributed by atoms with van der Waals surface area (Å²) in [6, 6.07) is 26.1. The summed E-state index contributed by atoms with van der Waals surface area (Å²) in [5.74, 6) is 0.759. The molecule has 0 aliphatic carbocycles. The number of hydrazone groups is 1. The molecule has 1 aromatic heterocycles. The highest BCUT2D eigenvalue weighted by Gasteiger charge is 2.10. The van der Waals surface area contributed by atoms with E-state index in [4.69, 9.17) is 32.7 Å². The minimum Gasteiger partial charge on any atom is -0.493 e. The number of amides is 1. The molecule has 0 radical (unpaired) electrons. The number of carbonyl (C=O) groups is 1. The van der Waals surface area contributed by atoms with Gasteiger partial charge in [-0.15, -0.1) is 11.3 Å². The summed E-state index contributed by atoms with van der Waals surface area (Å²) in [7, 11) is 1.56. The summed E-state index contributed by atoms with van der Waals surface area (Å²) >= 11 is 13.6. The molecule has 42 heavy (non-hydrogen) atoms. The lowest BCUT2D eigenvalue weighted by molar-refractivity contribution is 0.0955. The normalized spacial score (nSPS) is 11.0. The third kappa shape index (κ3) is 7.47. The minimum absolute atomic E-state index is 0.295. The van der Waals surface area contributed by atoms with Crippen molar-refractivity contribution in [1.82, 2.24) is 10.4 Å². The lowest BCUT2D eigenvalue weighted by atomic mass is 10.1. The predicted octanol–water partition coefficient (Wildman–Crippen LogP) is 8.52. The molecule has 10 heteroatoms. The molecule has 0 spiro atoms. The molecule has 0 saturated heterocycles. The van der Waals surface area contributed by atoms with Crippen molar-refractivity contribution in [2.75, 3.05) is 12.4 Å². The summed E-state index contributed by atoms with van der Waals surface area (Å²) in [6.45, 7) is 2.35. The molecule has 5 aromatic rings. The monoisotopic (exact) mass is 616 g/mol. The van der Waals surface area contributed by atoms with E-state index in [9.17, 15) is 4.79 Å². The third-order valence-electron chi connectivity index (χ3n) is 6.20. The number of nitrogens with zero attached hydrogens (tertiary/aromatic N) is 2. The van der Waals surface area contributed by atoms with Crippen LogP contribution in [0.25, 0.3) is 11.3 Å². The number of anilines is 2. The van der Waals surface area contributed by atoms with Gasteiger partial charge in [-0.25, -0.2) is 10.4 Å². The number of nitrogens with one attached hydrogen (secondary N) is 2. The van der Waals surface area contributed by atoms with Gasteiger partial charge in [-0.3, -0.25) is 4.79 Å². The van der Waals surface area contributed by atoms with Gasteiger partial charge in [0.05, 0.1) is 29.1 Å². The number of rotatable bonds is 10. The Labute approximate surface area is 257 Å². The van der Waals surface area contributed by atoms with Gasteiger partial charge < -0.3 is 14.8 Å². The minimum atomic E-state index is -0.327. The average molecular weight is 618 g/mol. The number of ether oxygens (including phenoxy) is 2. The van der Waals surface area contributed by atoms with Crippen LogP contribution in [0.4, 0.5) is 10.8 Å². The van der Waals surface area contributed by atoms with E-state index in [1.54, 1.807) is 43.5 Å². The van der Waals surface area contributed by atoms with Gasteiger partial charge in [0.1, 0.15) is 6.61 Å². The molecule has 2 N–H and O–H groups in total. The molecule has 0 fully saturated rings. The van der Waals surface area contributed by atoms with Gasteiger partial charge in [0.2, 0.25) is 0 Å². The van der Waals surface area contributed by atoms with Crippen molar-refractivity contribution in [2.24, 2.45) is 5.10 Å². The van der Waals surface area contributed by atoms with E-state index >= 15 is 0 Å². The van der Waals surface area contributed by atoms with Crippen molar-refractivity contribution in [3.05, 3.63) is 123 Å². The topological polar surface area (TPSA) is 84.8 Å². The molecule has 1 amide bonds. The Morgan fingerprint density at radius 3 is 2.48 bits per heavy atom. The van der Waals surface area contributed by atoms with E-state index < -0.39 is 0 Å². The number of benzene rings is 4. The quantitative estimate of drug-likeness (QED) is 0.121. The Morgan fingerprint density at radius 1 is 0.952 bits per heavy atom. The average Bonchev–Trinajstić information content (AvgIpc) is 3.47. The van der Waals surface area contributed by atoms with Gasteiger partial charge >= 0.3 is 0 Å². The second-order valence-electron chi connectivity index (χ2n) is 9.25. The Hall–Kier alpha value is -4.37. The Balaban J connectivity index is 1.16. The maximum atomic E-state index is 12.6. The molecule has 0 bridgehead atoms. The van der Waals surface area contributed by atoms with E-state index in [1.165, 1.54) is 23.1 Å². The van der Waals surface area contributed by atoms with E-state index in [0.29, 0.717) is 33.7 Å². The summed E-state index contributed by atoms with van der Waals surface area (Å²) < 4.78 is 11.4. The first kappa shape index (κ1) is 29.1. The van der Waals surface area contributed by atoms with Gasteiger partial charge in [-0.2, -0.15) is 5.10 Å². The lowest BCUT2D eigenvalue weighted by Crippen LogP contribution is -2.17. The van der Waals surface area contributed by atoms with Crippen molar-refractivity contribution < 1.29 is 14.3 Å². The number of methoxy groups -OCH3 is 1. The number of hydrogen-bond acceptors (Lipinski definition) is 7. The van der Waals surface area contributed by atoms with Crippen molar-refractivity contribution in [1.29, 1.82) is 0 Å². The Kier molecular flexibility index (Phi) is 9.38. The third-order valence-corrected chi connectivity index (χ3v) is 7.69. The highest BCUT2D eigenvalue weighted by atomic mass is 35.5. The van der Waals surface area contributed by atoms with Crippen LogP contribution in [0.15, 0.2) is 95.4 Å². The Morgan fingerprint density at radius 2 is 1.74 bits per heavy atom. The van der Waals surface area contributed by atoms with E-state index in [-0.39, 0.29) is 5.91 Å². The maximum absolute atomic E-state index is 12.6. The van der Waals surface area contributed by atoms with Crippen LogP contribution in [0.2, 0.25) is 10.0 Å². The zero-order valence-electron chi connectivity index (χ0n) is 22.7. The van der Waals surface area contributed by atoms with Crippen LogP contribution in [-0.2, 0) is 6.61 Å². The summed E-state index contributed by atoms with van der Waals surface area (Å²) in [5.41, 5.74) is 8.57. The summed E-state index contributed by atoms with van der Waals surface area (Å²) in [6.07, 6.45) is 1.54. The largest absolute Gasteiger partial charge is 0.493 e. The second kappa shape index (κ2) is 13.5. The van der Waals surface area contributed by atoms with Gasteiger partial charge in [0, 0.05) is 22.2 Å². The molecule has 212 valence electrons. The fraction of sp³-hybridized carbons (Fsp3) is 0.0938. The van der Waals surface area contributed by atoms with Crippen molar-refractivity contribution in [2.45, 2.75) is 13.5 Å². The molecule has 0 aliphatic heterocycles. The standard InChI is InChI=1S/C32H26Cl2N4O3S/c1-20-3-11-25(12-4-20)36-32-37-28(19-42-32)23-7-9-24(10-8-23)31(39)38-35-17-21-6-14-29(30(16-21)40-2)41-18-22-5-13-26(33)27(34)15-22/h3-17,19H,18H2,1-2H3,(H,36,37)(H,38,39)/b35-17-. The zero-order chi connectivity index (χ0) is 29.5. The molecule has 7 nitrogen and oxygen atoms in total. The van der Waals surface area contributed by atoms with Gasteiger partial charge in [-0.05, 0) is 72.6 Å². The second-order valence-corrected chi connectivity index (χ2v) is 10.9. The van der Waals surface area contributed by atoms with Crippen molar-refractivity contribution in [3.8, 4) is 22.8 Å². The van der Waals surface area contributed by atoms with Crippen LogP contribution >= 0.6 is 34.5 Å². The van der Waals surface area contributed by atoms with Crippen molar-refractivity contribution in [3.63, 3.8) is 0 Å². The zero-order valence-corrected chi connectivity index (χ0v) is 25.1. The molecular weight excluding hydrogens is 591 g/mol. The predicted molar refractivity (Wildman–Crippen MR) is 171 cm³/mol. The van der Waals surface area contributed by atoms with Crippen LogP contribution in [0.3, 0.4) is 0 Å². The fourth-order valence-electron chi connectivity index (χ4n) is 3.92. The van der Waals surface area contributed by atoms with Gasteiger partial charge in [0.25, 0.3) is 5.91 Å². The molecule has 0 atom stereocenters. The van der Waals surface area contributed by atoms with E-state index in [2.05, 4.69) is 39.9 Å². The number of halogens is 2. The Bertz CT molecular complexity index is 1720. The molecule has 0 saturated carbocycles. The van der Waals surface area contributed by atoms with Crippen LogP contribution in [-0.4, -0.2) is 24.2 Å². The highest BCUT2D eigenvalue weighted by Crippen LogP contribution is 2.30. The van der Waals surface area contributed by atoms with E-state index in [0.717, 1.165) is 33.2 Å². The molecule has 0 unspecified atom stereocenters.